The molecule has 1 aromatic carbocycles. The summed E-state index contributed by atoms with van der Waals surface area (Å²) in [5, 5.41) is 0. The minimum Gasteiger partial charge on any atom is -0.465 e. The molecule has 1 saturated carbocycles. The van der Waals surface area contributed by atoms with Crippen LogP contribution < -0.4 is 4.74 Å². The van der Waals surface area contributed by atoms with E-state index in [1.165, 1.54) is 6.42 Å². The molecule has 0 radical (unpaired) electrons. The first-order chi connectivity index (χ1) is 11.5. The predicted molar refractivity (Wildman–Crippen MR) is 78.7 cm³/mol. The number of hydrogen-bond acceptors (Lipinski definition) is 4. The van der Waals surface area contributed by atoms with Crippen molar-refractivity contribution >= 4 is 11.9 Å². The van der Waals surface area contributed by atoms with Gasteiger partial charge in [-0.05, 0) is 30.9 Å². The van der Waals surface area contributed by atoms with Crippen molar-refractivity contribution < 1.29 is 32.2 Å². The molecular weight excluding hydrogens is 325 g/mol. The van der Waals surface area contributed by atoms with Gasteiger partial charge in [0.25, 0.3) is 0 Å². The van der Waals surface area contributed by atoms with E-state index >= 15 is 0 Å². The molecule has 1 aliphatic rings. The van der Waals surface area contributed by atoms with Gasteiger partial charge < -0.3 is 9.47 Å². The number of halogens is 3. The second-order valence-corrected chi connectivity index (χ2v) is 5.83. The maximum absolute atomic E-state index is 13.4. The van der Waals surface area contributed by atoms with Crippen LogP contribution in [0.1, 0.15) is 44.9 Å². The van der Waals surface area contributed by atoms with E-state index in [1.807, 2.05) is 0 Å². The first kappa shape index (κ1) is 18.3. The Bertz CT molecular complexity index is 598. The highest BCUT2D eigenvalue weighted by atomic mass is 19.2. The summed E-state index contributed by atoms with van der Waals surface area (Å²) in [5.74, 6) is -6.48. The van der Waals surface area contributed by atoms with E-state index in [-0.39, 0.29) is 12.8 Å². The average Bonchev–Trinajstić information content (AvgIpc) is 2.59. The van der Waals surface area contributed by atoms with Gasteiger partial charge in [-0.15, -0.1) is 0 Å². The van der Waals surface area contributed by atoms with Crippen molar-refractivity contribution in [3.63, 3.8) is 0 Å². The highest BCUT2D eigenvalue weighted by Gasteiger charge is 2.19. The first-order valence-electron chi connectivity index (χ1n) is 7.97. The summed E-state index contributed by atoms with van der Waals surface area (Å²) >= 11 is 0. The van der Waals surface area contributed by atoms with E-state index in [9.17, 15) is 22.8 Å². The number of benzene rings is 1. The maximum atomic E-state index is 13.4. The average molecular weight is 344 g/mol. The molecule has 0 atom stereocenters. The fraction of sp³-hybridized carbons (Fsp3) is 0.529. The van der Waals surface area contributed by atoms with E-state index in [0.717, 1.165) is 31.7 Å². The van der Waals surface area contributed by atoms with Crippen LogP contribution in [0.3, 0.4) is 0 Å². The Balaban J connectivity index is 1.72. The molecule has 0 aromatic heterocycles. The van der Waals surface area contributed by atoms with Gasteiger partial charge in [-0.2, -0.15) is 4.39 Å². The third-order valence-corrected chi connectivity index (χ3v) is 3.96. The van der Waals surface area contributed by atoms with Gasteiger partial charge in [-0.25, -0.2) is 8.78 Å². The van der Waals surface area contributed by atoms with Gasteiger partial charge >= 0.3 is 11.9 Å². The molecule has 0 saturated heterocycles. The third kappa shape index (κ3) is 5.25. The van der Waals surface area contributed by atoms with Gasteiger partial charge in [0.15, 0.2) is 17.4 Å². The summed E-state index contributed by atoms with van der Waals surface area (Å²) in [6, 6.07) is 1.46. The van der Waals surface area contributed by atoms with E-state index in [4.69, 9.17) is 4.74 Å². The van der Waals surface area contributed by atoms with E-state index in [0.29, 0.717) is 18.6 Å². The van der Waals surface area contributed by atoms with Gasteiger partial charge in [-0.1, -0.05) is 19.3 Å². The summed E-state index contributed by atoms with van der Waals surface area (Å²) in [4.78, 5) is 23.2. The molecule has 0 N–H and O–H groups in total. The lowest BCUT2D eigenvalue weighted by Gasteiger charge is -2.20. The SMILES string of the molecule is O=C(CCC(=O)Oc1ccc(F)c(F)c1F)OCC1CCCCC1. The predicted octanol–water partition coefficient (Wildman–Crippen LogP) is 3.91. The summed E-state index contributed by atoms with van der Waals surface area (Å²) in [5.41, 5.74) is 0. The summed E-state index contributed by atoms with van der Waals surface area (Å²) in [6.45, 7) is 0.339. The smallest absolute Gasteiger partial charge is 0.311 e. The van der Waals surface area contributed by atoms with Crippen LogP contribution in [-0.2, 0) is 14.3 Å². The Morgan fingerprint density at radius 2 is 1.62 bits per heavy atom. The van der Waals surface area contributed by atoms with Crippen LogP contribution in [0.4, 0.5) is 13.2 Å². The molecule has 0 aliphatic heterocycles. The van der Waals surface area contributed by atoms with Crippen molar-refractivity contribution in [3.8, 4) is 5.75 Å². The van der Waals surface area contributed by atoms with E-state index in [2.05, 4.69) is 4.74 Å². The van der Waals surface area contributed by atoms with Crippen molar-refractivity contribution in [1.29, 1.82) is 0 Å². The fourth-order valence-electron chi connectivity index (χ4n) is 2.60. The van der Waals surface area contributed by atoms with Crippen LogP contribution >= 0.6 is 0 Å². The zero-order valence-corrected chi connectivity index (χ0v) is 13.2. The highest BCUT2D eigenvalue weighted by molar-refractivity contribution is 5.79. The minimum atomic E-state index is -1.72. The molecule has 132 valence electrons. The van der Waals surface area contributed by atoms with E-state index < -0.39 is 35.1 Å². The molecule has 0 amide bonds. The summed E-state index contributed by atoms with van der Waals surface area (Å²) < 4.78 is 48.9. The molecule has 1 fully saturated rings. The van der Waals surface area contributed by atoms with Gasteiger partial charge in [0, 0.05) is 0 Å². The zero-order chi connectivity index (χ0) is 17.5. The Morgan fingerprint density at radius 3 is 2.33 bits per heavy atom. The van der Waals surface area contributed by atoms with Crippen molar-refractivity contribution in [1.82, 2.24) is 0 Å². The number of carbonyl (C=O) groups is 2. The standard InChI is InChI=1S/C17H19F3O4/c18-12-6-7-13(17(20)16(12)19)24-15(22)9-8-14(21)23-10-11-4-2-1-3-5-11/h6-7,11H,1-5,8-10H2. The second kappa shape index (κ2) is 8.70. The lowest BCUT2D eigenvalue weighted by molar-refractivity contribution is -0.148. The number of esters is 2. The summed E-state index contributed by atoms with van der Waals surface area (Å²) in [6.07, 6.45) is 4.99. The Labute approximate surface area is 137 Å². The molecule has 7 heteroatoms. The molecule has 0 bridgehead atoms. The Kier molecular flexibility index (Phi) is 6.63. The Hall–Kier alpha value is -2.05. The van der Waals surface area contributed by atoms with Crippen LogP contribution in [0.25, 0.3) is 0 Å². The lowest BCUT2D eigenvalue weighted by Crippen LogP contribution is -2.18. The fourth-order valence-corrected chi connectivity index (χ4v) is 2.60. The number of rotatable bonds is 6. The van der Waals surface area contributed by atoms with Gasteiger partial charge in [0.1, 0.15) is 0 Å². The first-order valence-corrected chi connectivity index (χ1v) is 7.97. The van der Waals surface area contributed by atoms with Crippen molar-refractivity contribution in [2.75, 3.05) is 6.61 Å². The van der Waals surface area contributed by atoms with Gasteiger partial charge in [0.05, 0.1) is 19.4 Å². The van der Waals surface area contributed by atoms with Crippen molar-refractivity contribution in [2.45, 2.75) is 44.9 Å². The van der Waals surface area contributed by atoms with Crippen LogP contribution in [0.5, 0.6) is 5.75 Å². The van der Waals surface area contributed by atoms with Crippen LogP contribution in [0.2, 0.25) is 0 Å². The number of ether oxygens (including phenoxy) is 2. The number of hydrogen-bond donors (Lipinski definition) is 0. The van der Waals surface area contributed by atoms with Crippen LogP contribution in [0, 0.1) is 23.4 Å². The zero-order valence-electron chi connectivity index (χ0n) is 13.2. The monoisotopic (exact) mass is 344 g/mol. The highest BCUT2D eigenvalue weighted by Crippen LogP contribution is 2.24. The molecule has 24 heavy (non-hydrogen) atoms. The van der Waals surface area contributed by atoms with Crippen molar-refractivity contribution in [2.24, 2.45) is 5.92 Å². The summed E-state index contributed by atoms with van der Waals surface area (Å²) in [7, 11) is 0. The van der Waals surface area contributed by atoms with E-state index in [1.54, 1.807) is 0 Å². The molecule has 2 rings (SSSR count). The molecule has 0 spiro atoms. The Morgan fingerprint density at radius 1 is 0.958 bits per heavy atom. The molecule has 1 aliphatic carbocycles. The largest absolute Gasteiger partial charge is 0.465 e. The van der Waals surface area contributed by atoms with Gasteiger partial charge in [-0.3, -0.25) is 9.59 Å². The molecular formula is C17H19F3O4. The molecule has 1 aromatic rings. The number of carbonyl (C=O) groups excluding carboxylic acids is 2. The third-order valence-electron chi connectivity index (χ3n) is 3.96. The van der Waals surface area contributed by atoms with Crippen LogP contribution in [0.15, 0.2) is 12.1 Å². The maximum Gasteiger partial charge on any atom is 0.311 e. The molecule has 4 nitrogen and oxygen atoms in total. The normalized spacial score (nSPS) is 15.1. The van der Waals surface area contributed by atoms with Gasteiger partial charge in [0.2, 0.25) is 5.82 Å². The minimum absolute atomic E-state index is 0.211. The topological polar surface area (TPSA) is 52.6 Å². The second-order valence-electron chi connectivity index (χ2n) is 5.83. The molecule has 0 unspecified atom stereocenters. The van der Waals surface area contributed by atoms with Crippen molar-refractivity contribution in [3.05, 3.63) is 29.6 Å². The quantitative estimate of drug-likeness (QED) is 0.446. The lowest BCUT2D eigenvalue weighted by atomic mass is 9.90. The van der Waals surface area contributed by atoms with Crippen LogP contribution in [-0.4, -0.2) is 18.5 Å². The molecule has 0 heterocycles.